The van der Waals surface area contributed by atoms with Crippen molar-refractivity contribution in [1.82, 2.24) is 9.80 Å². The maximum Gasteiger partial charge on any atom is 0.416 e. The molecular formula is C22H29F3N4. The largest absolute Gasteiger partial charge is 0.416 e. The molecule has 0 aliphatic carbocycles. The van der Waals surface area contributed by atoms with Gasteiger partial charge in [-0.3, -0.25) is 9.80 Å². The summed E-state index contributed by atoms with van der Waals surface area (Å²) in [5.41, 5.74) is 14.3. The van der Waals surface area contributed by atoms with Gasteiger partial charge in [0.25, 0.3) is 0 Å². The first-order valence-electron chi connectivity index (χ1n) is 9.92. The zero-order valence-corrected chi connectivity index (χ0v) is 16.8. The minimum Gasteiger partial charge on any atom is -0.329 e. The Morgan fingerprint density at radius 3 is 2.07 bits per heavy atom. The number of piperazine rings is 1. The Labute approximate surface area is 170 Å². The van der Waals surface area contributed by atoms with Crippen molar-refractivity contribution in [2.24, 2.45) is 11.5 Å². The van der Waals surface area contributed by atoms with E-state index in [4.69, 9.17) is 11.5 Å². The second kappa shape index (κ2) is 9.26. The Bertz CT molecular complexity index is 797. The minimum atomic E-state index is -4.38. The number of benzene rings is 2. The van der Waals surface area contributed by atoms with Crippen molar-refractivity contribution in [1.29, 1.82) is 0 Å². The van der Waals surface area contributed by atoms with Crippen molar-refractivity contribution >= 4 is 0 Å². The van der Waals surface area contributed by atoms with Crippen LogP contribution in [-0.2, 0) is 19.3 Å². The van der Waals surface area contributed by atoms with E-state index >= 15 is 0 Å². The molecule has 1 aliphatic rings. The van der Waals surface area contributed by atoms with Crippen LogP contribution in [0.5, 0.6) is 0 Å². The number of hydrogen-bond acceptors (Lipinski definition) is 4. The smallest absolute Gasteiger partial charge is 0.329 e. The molecule has 3 rings (SSSR count). The number of halogens is 3. The van der Waals surface area contributed by atoms with Gasteiger partial charge in [-0.25, -0.2) is 0 Å². The van der Waals surface area contributed by atoms with Crippen LogP contribution in [0, 0.1) is 6.92 Å². The van der Waals surface area contributed by atoms with Crippen LogP contribution in [0.4, 0.5) is 13.2 Å². The Hall–Kier alpha value is -1.93. The van der Waals surface area contributed by atoms with E-state index < -0.39 is 17.8 Å². The van der Waals surface area contributed by atoms with E-state index in [-0.39, 0.29) is 18.7 Å². The lowest BCUT2D eigenvalue weighted by Crippen LogP contribution is -2.45. The van der Waals surface area contributed by atoms with Crippen molar-refractivity contribution in [3.63, 3.8) is 0 Å². The first kappa shape index (κ1) is 21.8. The molecular weight excluding hydrogens is 377 g/mol. The molecule has 0 bridgehead atoms. The van der Waals surface area contributed by atoms with Gasteiger partial charge >= 0.3 is 6.18 Å². The summed E-state index contributed by atoms with van der Waals surface area (Å²) in [5.74, 6) is 0. The average Bonchev–Trinajstić information content (AvgIpc) is 2.69. The second-order valence-electron chi connectivity index (χ2n) is 7.79. The normalized spacial score (nSPS) is 17.4. The minimum absolute atomic E-state index is 0.197. The SMILES string of the molecule is Cc1ccc(CN2CCN(Cc3cc(C(N)CN)ccc3C(F)(F)F)CC2)cc1. The van der Waals surface area contributed by atoms with Crippen LogP contribution < -0.4 is 11.5 Å². The molecule has 0 spiro atoms. The Balaban J connectivity index is 1.65. The molecule has 4 nitrogen and oxygen atoms in total. The van der Waals surface area contributed by atoms with E-state index in [0.29, 0.717) is 5.56 Å². The van der Waals surface area contributed by atoms with Gasteiger partial charge in [-0.1, -0.05) is 42.0 Å². The summed E-state index contributed by atoms with van der Waals surface area (Å²) < 4.78 is 40.4. The first-order chi connectivity index (χ1) is 13.8. The molecule has 29 heavy (non-hydrogen) atoms. The zero-order valence-electron chi connectivity index (χ0n) is 16.8. The average molecular weight is 406 g/mol. The van der Waals surface area contributed by atoms with E-state index in [0.717, 1.165) is 38.8 Å². The molecule has 1 fully saturated rings. The second-order valence-corrected chi connectivity index (χ2v) is 7.79. The highest BCUT2D eigenvalue weighted by Crippen LogP contribution is 2.34. The maximum atomic E-state index is 13.5. The molecule has 1 atom stereocenters. The monoisotopic (exact) mass is 406 g/mol. The molecule has 1 heterocycles. The molecule has 0 saturated carbocycles. The number of rotatable bonds is 6. The molecule has 0 aromatic heterocycles. The van der Waals surface area contributed by atoms with E-state index in [2.05, 4.69) is 41.0 Å². The molecule has 158 valence electrons. The van der Waals surface area contributed by atoms with Crippen LogP contribution in [0.25, 0.3) is 0 Å². The van der Waals surface area contributed by atoms with Crippen LogP contribution in [-0.4, -0.2) is 42.5 Å². The van der Waals surface area contributed by atoms with Gasteiger partial charge in [0.2, 0.25) is 0 Å². The highest BCUT2D eigenvalue weighted by molar-refractivity contribution is 5.35. The predicted molar refractivity (Wildman–Crippen MR) is 109 cm³/mol. The van der Waals surface area contributed by atoms with Crippen LogP contribution in [0.2, 0.25) is 0 Å². The molecule has 1 aliphatic heterocycles. The molecule has 0 amide bonds. The van der Waals surface area contributed by atoms with Crippen molar-refractivity contribution in [2.75, 3.05) is 32.7 Å². The summed E-state index contributed by atoms with van der Waals surface area (Å²) in [7, 11) is 0. The Morgan fingerprint density at radius 1 is 0.931 bits per heavy atom. The van der Waals surface area contributed by atoms with Crippen molar-refractivity contribution in [3.8, 4) is 0 Å². The van der Waals surface area contributed by atoms with Crippen LogP contribution in [0.3, 0.4) is 0 Å². The van der Waals surface area contributed by atoms with Crippen molar-refractivity contribution in [3.05, 3.63) is 70.3 Å². The van der Waals surface area contributed by atoms with Gasteiger partial charge in [0, 0.05) is 51.9 Å². The quantitative estimate of drug-likeness (QED) is 0.773. The number of hydrogen-bond donors (Lipinski definition) is 2. The highest BCUT2D eigenvalue weighted by Gasteiger charge is 2.34. The van der Waals surface area contributed by atoms with Crippen molar-refractivity contribution < 1.29 is 13.2 Å². The van der Waals surface area contributed by atoms with Crippen LogP contribution in [0.1, 0.15) is 33.9 Å². The summed E-state index contributed by atoms with van der Waals surface area (Å²) in [4.78, 5) is 4.42. The maximum absolute atomic E-state index is 13.5. The fraction of sp³-hybridized carbons (Fsp3) is 0.455. The van der Waals surface area contributed by atoms with E-state index in [1.54, 1.807) is 6.07 Å². The highest BCUT2D eigenvalue weighted by atomic mass is 19.4. The number of nitrogens with zero attached hydrogens (tertiary/aromatic N) is 2. The summed E-state index contributed by atoms with van der Waals surface area (Å²) in [5, 5.41) is 0. The lowest BCUT2D eigenvalue weighted by molar-refractivity contribution is -0.138. The zero-order chi connectivity index (χ0) is 21.0. The van der Waals surface area contributed by atoms with E-state index in [1.807, 2.05) is 0 Å². The van der Waals surface area contributed by atoms with Gasteiger partial charge in [0.15, 0.2) is 0 Å². The van der Waals surface area contributed by atoms with Gasteiger partial charge in [-0.2, -0.15) is 13.2 Å². The number of alkyl halides is 3. The predicted octanol–water partition coefficient (Wildman–Crippen LogP) is 3.29. The van der Waals surface area contributed by atoms with Crippen LogP contribution >= 0.6 is 0 Å². The van der Waals surface area contributed by atoms with Crippen molar-refractivity contribution in [2.45, 2.75) is 32.2 Å². The summed E-state index contributed by atoms with van der Waals surface area (Å²) in [6.45, 7) is 6.51. The fourth-order valence-corrected chi connectivity index (χ4v) is 3.69. The number of nitrogens with two attached hydrogens (primary N) is 2. The lowest BCUT2D eigenvalue weighted by atomic mass is 9.99. The summed E-state index contributed by atoms with van der Waals surface area (Å²) in [6.07, 6.45) is -4.38. The molecule has 4 N–H and O–H groups in total. The summed E-state index contributed by atoms with van der Waals surface area (Å²) >= 11 is 0. The van der Waals surface area contributed by atoms with E-state index in [1.165, 1.54) is 17.2 Å². The van der Waals surface area contributed by atoms with E-state index in [9.17, 15) is 13.2 Å². The Kier molecular flexibility index (Phi) is 6.95. The van der Waals surface area contributed by atoms with Gasteiger partial charge in [0.05, 0.1) is 5.56 Å². The molecule has 1 unspecified atom stereocenters. The third-order valence-corrected chi connectivity index (χ3v) is 5.50. The molecule has 7 heteroatoms. The van der Waals surface area contributed by atoms with Gasteiger partial charge in [0.1, 0.15) is 0 Å². The van der Waals surface area contributed by atoms with Gasteiger partial charge in [-0.05, 0) is 29.7 Å². The van der Waals surface area contributed by atoms with Gasteiger partial charge in [-0.15, -0.1) is 0 Å². The van der Waals surface area contributed by atoms with Gasteiger partial charge < -0.3 is 11.5 Å². The number of aryl methyl sites for hydroxylation is 1. The first-order valence-corrected chi connectivity index (χ1v) is 9.92. The van der Waals surface area contributed by atoms with Crippen LogP contribution in [0.15, 0.2) is 42.5 Å². The summed E-state index contributed by atoms with van der Waals surface area (Å²) in [6, 6.07) is 12.1. The molecule has 0 radical (unpaired) electrons. The topological polar surface area (TPSA) is 58.5 Å². The lowest BCUT2D eigenvalue weighted by Gasteiger charge is -2.35. The Morgan fingerprint density at radius 2 is 1.52 bits per heavy atom. The third-order valence-electron chi connectivity index (χ3n) is 5.50. The fourth-order valence-electron chi connectivity index (χ4n) is 3.69. The molecule has 2 aromatic carbocycles. The third kappa shape index (κ3) is 5.79. The molecule has 2 aromatic rings. The molecule has 1 saturated heterocycles. The standard InChI is InChI=1S/C22H29F3N4/c1-16-2-4-17(5-3-16)14-28-8-10-29(11-9-28)15-19-12-18(21(27)13-26)6-7-20(19)22(23,24)25/h2-7,12,21H,8-11,13-15,26-27H2,1H3.